The number of phenols is 1. The molecule has 7 N–H and O–H groups in total. The summed E-state index contributed by atoms with van der Waals surface area (Å²) in [5.74, 6) is -4.28. The van der Waals surface area contributed by atoms with Gasteiger partial charge in [0.05, 0.1) is 62.0 Å². The molecule has 0 unspecified atom stereocenters. The van der Waals surface area contributed by atoms with Crippen LogP contribution in [0.3, 0.4) is 0 Å². The summed E-state index contributed by atoms with van der Waals surface area (Å²) in [7, 11) is -26.3. The number of aromatic hydroxyl groups is 1. The Balaban J connectivity index is 1.92. The van der Waals surface area contributed by atoms with Crippen LogP contribution in [0.25, 0.3) is 10.8 Å². The molecule has 346 valence electrons. The van der Waals surface area contributed by atoms with Crippen LogP contribution in [-0.4, -0.2) is 120 Å². The van der Waals surface area contributed by atoms with E-state index < -0.39 is 150 Å². The first kappa shape index (κ1) is 50.4. The van der Waals surface area contributed by atoms with Crippen LogP contribution in [0.5, 0.6) is 23.0 Å². The predicted molar refractivity (Wildman–Crippen MR) is 214 cm³/mol. The number of methoxy groups -OCH3 is 3. The van der Waals surface area contributed by atoms with Crippen molar-refractivity contribution in [1.29, 1.82) is 0 Å². The molecule has 4 aromatic carbocycles. The second kappa shape index (κ2) is 18.5. The molecule has 33 heteroatoms. The van der Waals surface area contributed by atoms with Crippen molar-refractivity contribution in [2.45, 2.75) is 26.5 Å². The van der Waals surface area contributed by atoms with Crippen molar-refractivity contribution in [3.63, 3.8) is 0 Å². The van der Waals surface area contributed by atoms with Gasteiger partial charge < -0.3 is 25.1 Å². The van der Waals surface area contributed by atoms with E-state index in [4.69, 9.17) is 29.0 Å². The van der Waals surface area contributed by atoms with Gasteiger partial charge in [-0.25, -0.2) is 25.2 Å². The fourth-order valence-electron chi connectivity index (χ4n) is 5.44. The van der Waals surface area contributed by atoms with E-state index in [-0.39, 0.29) is 22.7 Å². The van der Waals surface area contributed by atoms with E-state index in [0.717, 1.165) is 45.6 Å². The third-order valence-corrected chi connectivity index (χ3v) is 14.3. The molecule has 0 heterocycles. The zero-order chi connectivity index (χ0) is 47.7. The molecular weight excluding hydrogens is 975 g/mol. The molecule has 0 aliphatic rings. The number of hydrogen-bond acceptors (Lipinski definition) is 23. The molecule has 0 aliphatic heterocycles. The first-order valence-corrected chi connectivity index (χ1v) is 25.3. The molecule has 0 aliphatic carbocycles. The average molecular weight is 1010 g/mol. The van der Waals surface area contributed by atoms with Crippen LogP contribution in [0.2, 0.25) is 0 Å². The van der Waals surface area contributed by atoms with Gasteiger partial charge in [-0.2, -0.15) is 33.7 Å². The van der Waals surface area contributed by atoms with Crippen LogP contribution in [0, 0.1) is 6.92 Å². The van der Waals surface area contributed by atoms with Gasteiger partial charge in [0, 0.05) is 18.2 Å². The molecule has 0 aromatic heterocycles. The normalized spacial score (nSPS) is 13.3. The molecule has 0 bridgehead atoms. The minimum atomic E-state index is -5.38. The third kappa shape index (κ3) is 12.1. The Morgan fingerprint density at radius 1 is 0.540 bits per heavy atom. The molecule has 0 saturated heterocycles. The van der Waals surface area contributed by atoms with Crippen LogP contribution in [-0.2, 0) is 69.1 Å². The molecule has 0 saturated carbocycles. The number of aryl methyl sites for hydroxylation is 1. The second-order valence-electron chi connectivity index (χ2n) is 12.3. The molecule has 0 atom stereocenters. The van der Waals surface area contributed by atoms with Crippen molar-refractivity contribution < 1.29 is 96.4 Å². The van der Waals surface area contributed by atoms with E-state index in [9.17, 15) is 64.7 Å². The van der Waals surface area contributed by atoms with Gasteiger partial charge in [0.1, 0.15) is 54.7 Å². The second-order valence-corrected chi connectivity index (χ2v) is 21.4. The van der Waals surface area contributed by atoms with Crippen LogP contribution >= 0.6 is 0 Å². The summed E-state index contributed by atoms with van der Waals surface area (Å²) in [5, 5.41) is 25.5. The number of azo groups is 2. The maximum Gasteiger partial charge on any atom is 0.397 e. The average Bonchev–Trinajstić information content (AvgIpc) is 3.14. The van der Waals surface area contributed by atoms with Crippen molar-refractivity contribution in [1.82, 2.24) is 0 Å². The number of ether oxygens (including phenoxy) is 3. The molecule has 27 nitrogen and oxygen atoms in total. The summed E-state index contributed by atoms with van der Waals surface area (Å²) < 4.78 is 207. The highest BCUT2D eigenvalue weighted by atomic mass is 32.3. The topological polar surface area (TPSA) is 428 Å². The summed E-state index contributed by atoms with van der Waals surface area (Å²) in [6.07, 6.45) is 0. The van der Waals surface area contributed by atoms with Crippen molar-refractivity contribution in [3.8, 4) is 23.0 Å². The highest BCUT2D eigenvalue weighted by Gasteiger charge is 2.29. The molecule has 0 radical (unpaired) electrons. The number of rotatable bonds is 19. The van der Waals surface area contributed by atoms with E-state index in [2.05, 4.69) is 28.8 Å². The zero-order valence-electron chi connectivity index (χ0n) is 32.3. The van der Waals surface area contributed by atoms with Crippen LogP contribution in [0.4, 0.5) is 28.4 Å². The van der Waals surface area contributed by atoms with E-state index in [0.29, 0.717) is 12.1 Å². The third-order valence-electron chi connectivity index (χ3n) is 8.17. The number of phenolic OH excluding ortho intramolecular Hbond substituents is 1. The standard InChI is InChI=1S/C30H33N5O22S6/c1-15-9-17(19(53-2)13-22(15)58(37,38)7-5-56-62(47,48)49)32-35-29-25(61(44,45)46)11-16-10-24(60(41,42)43)28(27(31)26(16)30(29)36)34-33-18-12-21(55-4)23(14-20(18)54-3)59(39,40)8-6-57-63(50,51)52/h9-14,36H,5-8,31H2,1-4H3,(H,41,42,43)(H,44,45,46)(H,47,48,49)(H,50,51,52)/b34-33+,35-32+. The monoisotopic (exact) mass is 1010 g/mol. The first-order chi connectivity index (χ1) is 28.8. The lowest BCUT2D eigenvalue weighted by Gasteiger charge is -2.15. The van der Waals surface area contributed by atoms with Gasteiger partial charge in [0.15, 0.2) is 25.4 Å². The lowest BCUT2D eigenvalue weighted by Crippen LogP contribution is -2.16. The summed E-state index contributed by atoms with van der Waals surface area (Å²) in [5.41, 5.74) is 2.72. The van der Waals surface area contributed by atoms with Gasteiger partial charge in [-0.05, 0) is 36.1 Å². The Bertz CT molecular complexity index is 3250. The van der Waals surface area contributed by atoms with Crippen molar-refractivity contribution in [2.75, 3.05) is 51.8 Å². The van der Waals surface area contributed by atoms with E-state index >= 15 is 0 Å². The fourth-order valence-corrected chi connectivity index (χ4v) is 10.2. The van der Waals surface area contributed by atoms with Gasteiger partial charge in [0.25, 0.3) is 20.2 Å². The quantitative estimate of drug-likeness (QED) is 0.0446. The number of nitrogens with zero attached hydrogens (tertiary/aromatic N) is 4. The summed E-state index contributed by atoms with van der Waals surface area (Å²) in [6, 6.07) is 4.95. The van der Waals surface area contributed by atoms with E-state index in [1.807, 2.05) is 0 Å². The number of anilines is 1. The highest BCUT2D eigenvalue weighted by Crippen LogP contribution is 2.49. The van der Waals surface area contributed by atoms with E-state index in [1.165, 1.54) is 6.92 Å². The maximum absolute atomic E-state index is 13.0. The van der Waals surface area contributed by atoms with Crippen molar-refractivity contribution in [2.24, 2.45) is 20.5 Å². The zero-order valence-corrected chi connectivity index (χ0v) is 37.2. The predicted octanol–water partition coefficient (Wildman–Crippen LogP) is 2.97. The molecule has 0 spiro atoms. The van der Waals surface area contributed by atoms with Crippen molar-refractivity contribution in [3.05, 3.63) is 42.0 Å². The Kier molecular flexibility index (Phi) is 14.8. The smallest absolute Gasteiger partial charge is 0.397 e. The molecule has 63 heavy (non-hydrogen) atoms. The SMILES string of the molecule is COc1cc(S(=O)(=O)CCOS(=O)(=O)O)c(OC)cc1/N=N/c1c(S(=O)(=O)O)cc2cc(S(=O)(=O)O)c(/N=N/c3cc(C)c(S(=O)(=O)CCOS(=O)(=O)O)cc3OC)c(O)c2c1N. The number of fused-ring (bicyclic) bond motifs is 1. The van der Waals surface area contributed by atoms with Crippen LogP contribution < -0.4 is 19.9 Å². The van der Waals surface area contributed by atoms with Gasteiger partial charge in [0.2, 0.25) is 0 Å². The number of sulfone groups is 2. The number of nitrogen functional groups attached to an aromatic ring is 1. The minimum absolute atomic E-state index is 0.0536. The van der Waals surface area contributed by atoms with Gasteiger partial charge in [-0.15, -0.1) is 20.5 Å². The molecule has 0 fully saturated rings. The van der Waals surface area contributed by atoms with Gasteiger partial charge in [-0.1, -0.05) is 0 Å². The first-order valence-electron chi connectivity index (χ1n) is 16.4. The Labute approximate surface area is 358 Å². The summed E-state index contributed by atoms with van der Waals surface area (Å²) in [4.78, 5) is -3.36. The molecular formula is C30H33N5O22S6. The lowest BCUT2D eigenvalue weighted by molar-refractivity contribution is 0.282. The van der Waals surface area contributed by atoms with Crippen LogP contribution in [0.1, 0.15) is 5.56 Å². The molecule has 4 aromatic rings. The minimum Gasteiger partial charge on any atom is -0.505 e. The van der Waals surface area contributed by atoms with Gasteiger partial charge >= 0.3 is 20.8 Å². The van der Waals surface area contributed by atoms with Gasteiger partial charge in [-0.3, -0.25) is 18.2 Å². The summed E-state index contributed by atoms with van der Waals surface area (Å²) in [6.45, 7) is -0.706. The maximum atomic E-state index is 13.0. The Morgan fingerprint density at radius 2 is 0.952 bits per heavy atom. The fraction of sp³-hybridized carbons (Fsp3) is 0.267. The largest absolute Gasteiger partial charge is 0.505 e. The van der Waals surface area contributed by atoms with E-state index in [1.54, 1.807) is 0 Å². The number of benzene rings is 4. The lowest BCUT2D eigenvalue weighted by atomic mass is 10.1. The summed E-state index contributed by atoms with van der Waals surface area (Å²) >= 11 is 0. The number of nitrogens with two attached hydrogens (primary N) is 1. The Morgan fingerprint density at radius 3 is 1.40 bits per heavy atom. The Hall–Kier alpha value is -5.20. The number of hydrogen-bond donors (Lipinski definition) is 6. The molecule has 4 rings (SSSR count). The highest BCUT2D eigenvalue weighted by molar-refractivity contribution is 7.92. The molecule has 0 amide bonds. The van der Waals surface area contributed by atoms with Crippen LogP contribution in [0.15, 0.2) is 76.4 Å². The van der Waals surface area contributed by atoms with Crippen molar-refractivity contribution >= 4 is 99.9 Å².